The van der Waals surface area contributed by atoms with E-state index in [1.807, 2.05) is 13.8 Å². The Morgan fingerprint density at radius 1 is 1.47 bits per heavy atom. The van der Waals surface area contributed by atoms with Gasteiger partial charge in [0.15, 0.2) is 5.82 Å². The first kappa shape index (κ1) is 12.1. The van der Waals surface area contributed by atoms with Crippen LogP contribution in [-0.4, -0.2) is 25.2 Å². The van der Waals surface area contributed by atoms with Crippen molar-refractivity contribution < 1.29 is 0 Å². The SMILES string of the molecule is Cc1nc(C)c(C(Cc2nnn(C)n2)NN)s1. The van der Waals surface area contributed by atoms with E-state index >= 15 is 0 Å². The van der Waals surface area contributed by atoms with Crippen molar-refractivity contribution in [3.8, 4) is 0 Å². The van der Waals surface area contributed by atoms with E-state index in [-0.39, 0.29) is 6.04 Å². The van der Waals surface area contributed by atoms with Gasteiger partial charge in [0.05, 0.1) is 23.8 Å². The standard InChI is InChI=1S/C9H15N7S/c1-5-9(17-6(2)11-5)7(12-10)4-8-13-15-16(3)14-8/h7,12H,4,10H2,1-3H3. The lowest BCUT2D eigenvalue weighted by atomic mass is 10.1. The third-order valence-electron chi connectivity index (χ3n) is 2.39. The second-order valence-corrected chi connectivity index (χ2v) is 5.04. The van der Waals surface area contributed by atoms with Gasteiger partial charge in [0.2, 0.25) is 0 Å². The topological polar surface area (TPSA) is 94.5 Å². The van der Waals surface area contributed by atoms with Gasteiger partial charge in [-0.25, -0.2) is 4.98 Å². The smallest absolute Gasteiger partial charge is 0.176 e. The van der Waals surface area contributed by atoms with Gasteiger partial charge in [-0.3, -0.25) is 11.3 Å². The van der Waals surface area contributed by atoms with Crippen LogP contribution in [0.25, 0.3) is 0 Å². The molecular weight excluding hydrogens is 238 g/mol. The average Bonchev–Trinajstić information content (AvgIpc) is 2.82. The molecule has 2 rings (SSSR count). The number of hydrogen-bond acceptors (Lipinski definition) is 7. The molecule has 0 aliphatic heterocycles. The van der Waals surface area contributed by atoms with Gasteiger partial charge in [-0.2, -0.15) is 4.80 Å². The maximum Gasteiger partial charge on any atom is 0.176 e. The maximum atomic E-state index is 5.58. The van der Waals surface area contributed by atoms with Crippen LogP contribution in [0, 0.1) is 13.8 Å². The van der Waals surface area contributed by atoms with E-state index in [0.29, 0.717) is 12.2 Å². The molecule has 0 saturated carbocycles. The van der Waals surface area contributed by atoms with E-state index in [0.717, 1.165) is 15.6 Å². The largest absolute Gasteiger partial charge is 0.271 e. The first-order chi connectivity index (χ1) is 8.10. The fourth-order valence-corrected chi connectivity index (χ4v) is 2.67. The lowest BCUT2D eigenvalue weighted by Gasteiger charge is -2.12. The summed E-state index contributed by atoms with van der Waals surface area (Å²) in [5, 5.41) is 12.9. The van der Waals surface area contributed by atoms with Crippen molar-refractivity contribution in [2.75, 3.05) is 0 Å². The van der Waals surface area contributed by atoms with Crippen LogP contribution in [0.1, 0.15) is 27.4 Å². The molecule has 2 heterocycles. The lowest BCUT2D eigenvalue weighted by Crippen LogP contribution is -2.29. The number of nitrogens with one attached hydrogen (secondary N) is 1. The molecule has 0 saturated heterocycles. The average molecular weight is 253 g/mol. The zero-order valence-corrected chi connectivity index (χ0v) is 10.8. The summed E-state index contributed by atoms with van der Waals surface area (Å²) in [7, 11) is 1.74. The predicted molar refractivity (Wildman–Crippen MR) is 64.2 cm³/mol. The highest BCUT2D eigenvalue weighted by Crippen LogP contribution is 2.25. The number of rotatable bonds is 4. The molecule has 0 spiro atoms. The second-order valence-electron chi connectivity index (χ2n) is 3.80. The van der Waals surface area contributed by atoms with Crippen molar-refractivity contribution in [3.63, 3.8) is 0 Å². The predicted octanol–water partition coefficient (Wildman–Crippen LogP) is 0.0305. The van der Waals surface area contributed by atoms with Gasteiger partial charge in [0.1, 0.15) is 0 Å². The Labute approximate surface area is 103 Å². The molecule has 2 aromatic heterocycles. The Kier molecular flexibility index (Phi) is 3.46. The van der Waals surface area contributed by atoms with E-state index in [1.165, 1.54) is 4.80 Å². The fraction of sp³-hybridized carbons (Fsp3) is 0.556. The Bertz CT molecular complexity index is 503. The Morgan fingerprint density at radius 2 is 2.24 bits per heavy atom. The third kappa shape index (κ3) is 2.65. The Morgan fingerprint density at radius 3 is 2.71 bits per heavy atom. The van der Waals surface area contributed by atoms with Crippen molar-refractivity contribution in [2.45, 2.75) is 26.3 Å². The summed E-state index contributed by atoms with van der Waals surface area (Å²) in [5.74, 6) is 6.25. The molecule has 0 aliphatic rings. The van der Waals surface area contributed by atoms with Gasteiger partial charge in [0.25, 0.3) is 0 Å². The molecule has 8 heteroatoms. The highest BCUT2D eigenvalue weighted by atomic mass is 32.1. The summed E-state index contributed by atoms with van der Waals surface area (Å²) in [5.41, 5.74) is 3.78. The monoisotopic (exact) mass is 253 g/mol. The maximum absolute atomic E-state index is 5.58. The van der Waals surface area contributed by atoms with Crippen LogP contribution in [0.4, 0.5) is 0 Å². The van der Waals surface area contributed by atoms with E-state index in [1.54, 1.807) is 18.4 Å². The molecule has 0 radical (unpaired) electrons. The molecule has 0 bridgehead atoms. The van der Waals surface area contributed by atoms with Crippen LogP contribution in [0.5, 0.6) is 0 Å². The molecule has 1 atom stereocenters. The van der Waals surface area contributed by atoms with Crippen LogP contribution < -0.4 is 11.3 Å². The van der Waals surface area contributed by atoms with Gasteiger partial charge in [0, 0.05) is 11.3 Å². The quantitative estimate of drug-likeness (QED) is 0.589. The summed E-state index contributed by atoms with van der Waals surface area (Å²) >= 11 is 1.64. The molecule has 1 unspecified atom stereocenters. The summed E-state index contributed by atoms with van der Waals surface area (Å²) < 4.78 is 0. The summed E-state index contributed by atoms with van der Waals surface area (Å²) in [6, 6.07) is -0.0228. The molecule has 0 amide bonds. The number of tetrazole rings is 1. The van der Waals surface area contributed by atoms with Crippen molar-refractivity contribution in [3.05, 3.63) is 21.4 Å². The van der Waals surface area contributed by atoms with Crippen LogP contribution >= 0.6 is 11.3 Å². The van der Waals surface area contributed by atoms with Crippen LogP contribution in [-0.2, 0) is 13.5 Å². The minimum atomic E-state index is -0.0228. The van der Waals surface area contributed by atoms with Gasteiger partial charge in [-0.15, -0.1) is 21.5 Å². The minimum Gasteiger partial charge on any atom is -0.271 e. The van der Waals surface area contributed by atoms with E-state index < -0.39 is 0 Å². The number of nitrogens with two attached hydrogens (primary N) is 1. The highest BCUT2D eigenvalue weighted by Gasteiger charge is 2.18. The van der Waals surface area contributed by atoms with Gasteiger partial charge < -0.3 is 0 Å². The van der Waals surface area contributed by atoms with Crippen molar-refractivity contribution >= 4 is 11.3 Å². The zero-order valence-electron chi connectivity index (χ0n) is 10.0. The summed E-state index contributed by atoms with van der Waals surface area (Å²) in [6.07, 6.45) is 0.604. The lowest BCUT2D eigenvalue weighted by molar-refractivity contribution is 0.541. The van der Waals surface area contributed by atoms with Crippen LogP contribution in [0.2, 0.25) is 0 Å². The van der Waals surface area contributed by atoms with Crippen molar-refractivity contribution in [2.24, 2.45) is 12.9 Å². The Hall–Kier alpha value is -1.38. The number of hydrogen-bond donors (Lipinski definition) is 2. The zero-order chi connectivity index (χ0) is 12.4. The highest BCUT2D eigenvalue weighted by molar-refractivity contribution is 7.11. The second kappa shape index (κ2) is 4.86. The molecule has 2 aromatic rings. The fourth-order valence-electron chi connectivity index (χ4n) is 1.69. The van der Waals surface area contributed by atoms with Crippen molar-refractivity contribution in [1.82, 2.24) is 30.6 Å². The molecule has 0 aromatic carbocycles. The number of nitrogens with zero attached hydrogens (tertiary/aromatic N) is 5. The van der Waals surface area contributed by atoms with E-state index in [4.69, 9.17) is 5.84 Å². The third-order valence-corrected chi connectivity index (χ3v) is 3.58. The number of aromatic nitrogens is 5. The minimum absolute atomic E-state index is 0.0228. The van der Waals surface area contributed by atoms with E-state index in [2.05, 4.69) is 25.8 Å². The normalized spacial score (nSPS) is 12.9. The Balaban J connectivity index is 2.19. The molecule has 92 valence electrons. The van der Waals surface area contributed by atoms with E-state index in [9.17, 15) is 0 Å². The molecule has 0 fully saturated rings. The molecule has 17 heavy (non-hydrogen) atoms. The first-order valence-corrected chi connectivity index (χ1v) is 6.04. The summed E-state index contributed by atoms with van der Waals surface area (Å²) in [4.78, 5) is 6.95. The van der Waals surface area contributed by atoms with Gasteiger partial charge in [-0.05, 0) is 19.1 Å². The molecule has 3 N–H and O–H groups in total. The number of hydrazine groups is 1. The summed E-state index contributed by atoms with van der Waals surface area (Å²) in [6.45, 7) is 3.96. The van der Waals surface area contributed by atoms with Crippen LogP contribution in [0.15, 0.2) is 0 Å². The number of aryl methyl sites for hydroxylation is 3. The molecular formula is C9H15N7S. The number of thiazole rings is 1. The van der Waals surface area contributed by atoms with Gasteiger partial charge >= 0.3 is 0 Å². The first-order valence-electron chi connectivity index (χ1n) is 5.23. The molecule has 7 nitrogen and oxygen atoms in total. The van der Waals surface area contributed by atoms with Crippen LogP contribution in [0.3, 0.4) is 0 Å². The van der Waals surface area contributed by atoms with Crippen molar-refractivity contribution in [1.29, 1.82) is 0 Å². The molecule has 0 aliphatic carbocycles. The van der Waals surface area contributed by atoms with Gasteiger partial charge in [-0.1, -0.05) is 0 Å².